The molecular weight excluding hydrogens is 486 g/mol. The number of ether oxygens (including phenoxy) is 2. The second-order valence-electron chi connectivity index (χ2n) is 8.23. The number of aryl methyl sites for hydroxylation is 2. The largest absolute Gasteiger partial charge is 0.493 e. The van der Waals surface area contributed by atoms with Crippen LogP contribution < -0.4 is 29.5 Å². The standard InChI is InChI=1S/C29H25N3O4S/c1-18-12-14-21(15-13-18)31-27(33)22(17-30)29-32(23-10-6-5-8-19(23)2)28(34)25(37-29)16-20-9-7-11-24(35-3)26(20)36-4/h5-16H,1-4H3,(H,31,33). The number of aromatic nitrogens is 1. The molecule has 0 saturated carbocycles. The van der Waals surface area contributed by atoms with Gasteiger partial charge in [0.05, 0.1) is 24.4 Å². The van der Waals surface area contributed by atoms with E-state index >= 15 is 0 Å². The first kappa shape index (κ1) is 25.5. The number of hydrogen-bond donors (Lipinski definition) is 1. The van der Waals surface area contributed by atoms with Gasteiger partial charge in [0, 0.05) is 11.3 Å². The SMILES string of the molecule is COc1cccc(C=c2sc(=C(C#N)C(=O)Nc3ccc(C)cc3)n(-c3ccccc3C)c2=O)c1OC. The summed E-state index contributed by atoms with van der Waals surface area (Å²) in [5, 5.41) is 12.8. The molecule has 8 heteroatoms. The Morgan fingerprint density at radius 1 is 1.00 bits per heavy atom. The van der Waals surface area contributed by atoms with Gasteiger partial charge >= 0.3 is 0 Å². The lowest BCUT2D eigenvalue weighted by Crippen LogP contribution is -2.32. The van der Waals surface area contributed by atoms with E-state index in [-0.39, 0.29) is 15.8 Å². The Balaban J connectivity index is 2.00. The topological polar surface area (TPSA) is 93.4 Å². The van der Waals surface area contributed by atoms with Gasteiger partial charge in [-0.1, -0.05) is 48.0 Å². The molecule has 0 bridgehead atoms. The molecule has 186 valence electrons. The molecule has 0 radical (unpaired) electrons. The maximum atomic E-state index is 13.8. The van der Waals surface area contributed by atoms with Crippen LogP contribution in [0, 0.1) is 25.2 Å². The number of thiazole rings is 1. The van der Waals surface area contributed by atoms with Gasteiger partial charge in [0.15, 0.2) is 17.1 Å². The maximum Gasteiger partial charge on any atom is 0.273 e. The average Bonchev–Trinajstić information content (AvgIpc) is 3.21. The number of methoxy groups -OCH3 is 2. The number of carbonyl (C=O) groups excluding carboxylic acids is 1. The van der Waals surface area contributed by atoms with E-state index < -0.39 is 5.91 Å². The quantitative estimate of drug-likeness (QED) is 0.426. The lowest BCUT2D eigenvalue weighted by atomic mass is 10.1. The van der Waals surface area contributed by atoms with Crippen LogP contribution in [0.1, 0.15) is 16.7 Å². The van der Waals surface area contributed by atoms with Crippen LogP contribution in [-0.4, -0.2) is 24.7 Å². The van der Waals surface area contributed by atoms with Gasteiger partial charge in [0.1, 0.15) is 10.7 Å². The van der Waals surface area contributed by atoms with Gasteiger partial charge in [-0.25, -0.2) is 0 Å². The molecule has 4 aromatic rings. The zero-order chi connectivity index (χ0) is 26.5. The van der Waals surface area contributed by atoms with E-state index in [0.717, 1.165) is 22.5 Å². The fourth-order valence-corrected chi connectivity index (χ4v) is 4.96. The summed E-state index contributed by atoms with van der Waals surface area (Å²) in [5.74, 6) is 0.401. The Bertz CT molecular complexity index is 1690. The summed E-state index contributed by atoms with van der Waals surface area (Å²) in [7, 11) is 3.06. The second kappa shape index (κ2) is 11.0. The van der Waals surface area contributed by atoms with Gasteiger partial charge in [-0.3, -0.25) is 14.2 Å². The molecule has 0 aliphatic heterocycles. The van der Waals surface area contributed by atoms with Gasteiger partial charge in [-0.15, -0.1) is 11.3 Å². The minimum absolute atomic E-state index is 0.164. The van der Waals surface area contributed by atoms with Gasteiger partial charge < -0.3 is 14.8 Å². The van der Waals surface area contributed by atoms with Crippen molar-refractivity contribution in [2.45, 2.75) is 13.8 Å². The summed E-state index contributed by atoms with van der Waals surface area (Å²) in [5.41, 5.74) is 3.13. The van der Waals surface area contributed by atoms with Crippen molar-refractivity contribution in [1.29, 1.82) is 5.26 Å². The molecule has 1 aromatic heterocycles. The Kier molecular flexibility index (Phi) is 7.56. The predicted molar refractivity (Wildman–Crippen MR) is 146 cm³/mol. The zero-order valence-corrected chi connectivity index (χ0v) is 21.7. The van der Waals surface area contributed by atoms with Gasteiger partial charge in [-0.05, 0) is 49.8 Å². The highest BCUT2D eigenvalue weighted by molar-refractivity contribution is 7.07. The Morgan fingerprint density at radius 3 is 2.38 bits per heavy atom. The molecule has 7 nitrogen and oxygen atoms in total. The van der Waals surface area contributed by atoms with Crippen LogP contribution in [0.5, 0.6) is 11.5 Å². The molecule has 37 heavy (non-hydrogen) atoms. The van der Waals surface area contributed by atoms with Crippen LogP contribution in [0.3, 0.4) is 0 Å². The molecule has 0 fully saturated rings. The molecule has 1 amide bonds. The highest BCUT2D eigenvalue weighted by Gasteiger charge is 2.18. The van der Waals surface area contributed by atoms with Crippen LogP contribution in [0.4, 0.5) is 5.69 Å². The lowest BCUT2D eigenvalue weighted by molar-refractivity contribution is -0.111. The van der Waals surface area contributed by atoms with E-state index in [9.17, 15) is 14.9 Å². The molecule has 1 N–H and O–H groups in total. The molecular formula is C29H25N3O4S. The van der Waals surface area contributed by atoms with E-state index in [4.69, 9.17) is 9.47 Å². The number of nitrogens with one attached hydrogen (secondary N) is 1. The van der Waals surface area contributed by atoms with Crippen molar-refractivity contribution < 1.29 is 14.3 Å². The summed E-state index contributed by atoms with van der Waals surface area (Å²) in [6.45, 7) is 3.82. The van der Waals surface area contributed by atoms with Gasteiger partial charge in [-0.2, -0.15) is 5.26 Å². The van der Waals surface area contributed by atoms with E-state index in [1.807, 2.05) is 50.2 Å². The molecule has 1 heterocycles. The summed E-state index contributed by atoms with van der Waals surface area (Å²) < 4.78 is 12.9. The molecule has 0 spiro atoms. The number of amides is 1. The lowest BCUT2D eigenvalue weighted by Gasteiger charge is -2.09. The molecule has 0 unspecified atom stereocenters. The van der Waals surface area contributed by atoms with Crippen molar-refractivity contribution >= 4 is 34.6 Å². The number of anilines is 1. The Morgan fingerprint density at radius 2 is 1.73 bits per heavy atom. The van der Waals surface area contributed by atoms with Gasteiger partial charge in [0.2, 0.25) is 0 Å². The molecule has 4 rings (SSSR count). The van der Waals surface area contributed by atoms with E-state index in [1.54, 1.807) is 42.5 Å². The second-order valence-corrected chi connectivity index (χ2v) is 9.26. The zero-order valence-electron chi connectivity index (χ0n) is 20.9. The number of nitriles is 1. The third-order valence-corrected chi connectivity index (χ3v) is 6.85. The normalized spacial score (nSPS) is 12.0. The molecule has 3 aromatic carbocycles. The monoisotopic (exact) mass is 511 g/mol. The van der Waals surface area contributed by atoms with E-state index in [0.29, 0.717) is 33.0 Å². The number of hydrogen-bond acceptors (Lipinski definition) is 6. The fourth-order valence-electron chi connectivity index (χ4n) is 3.88. The third kappa shape index (κ3) is 5.17. The summed E-state index contributed by atoms with van der Waals surface area (Å²) in [4.78, 5) is 27.0. The van der Waals surface area contributed by atoms with Gasteiger partial charge in [0.25, 0.3) is 11.5 Å². The molecule has 0 aliphatic carbocycles. The maximum absolute atomic E-state index is 13.8. The first-order valence-corrected chi connectivity index (χ1v) is 12.2. The minimum atomic E-state index is -0.597. The predicted octanol–water partition coefficient (Wildman–Crippen LogP) is 3.67. The molecule has 0 atom stereocenters. The van der Waals surface area contributed by atoms with E-state index in [2.05, 4.69) is 5.32 Å². The summed E-state index contributed by atoms with van der Waals surface area (Å²) in [6.07, 6.45) is 1.68. The first-order valence-electron chi connectivity index (χ1n) is 11.4. The molecule has 0 saturated heterocycles. The first-order chi connectivity index (χ1) is 17.9. The van der Waals surface area contributed by atoms with Crippen molar-refractivity contribution in [3.63, 3.8) is 0 Å². The smallest absolute Gasteiger partial charge is 0.273 e. The van der Waals surface area contributed by atoms with Crippen molar-refractivity contribution in [2.24, 2.45) is 0 Å². The van der Waals surface area contributed by atoms with Crippen LogP contribution in [-0.2, 0) is 4.79 Å². The van der Waals surface area contributed by atoms with Crippen LogP contribution in [0.15, 0.2) is 71.5 Å². The summed E-state index contributed by atoms with van der Waals surface area (Å²) in [6, 6.07) is 22.0. The van der Waals surface area contributed by atoms with Crippen LogP contribution in [0.2, 0.25) is 0 Å². The fraction of sp³-hybridized carbons (Fsp3) is 0.138. The van der Waals surface area contributed by atoms with E-state index in [1.165, 1.54) is 18.8 Å². The highest BCUT2D eigenvalue weighted by Crippen LogP contribution is 2.31. The Hall–Kier alpha value is -4.61. The minimum Gasteiger partial charge on any atom is -0.493 e. The number of para-hydroxylation sites is 2. The number of rotatable bonds is 6. The van der Waals surface area contributed by atoms with Crippen molar-refractivity contribution in [2.75, 3.05) is 19.5 Å². The Labute approximate surface area is 218 Å². The van der Waals surface area contributed by atoms with Crippen molar-refractivity contribution in [3.05, 3.63) is 103 Å². The van der Waals surface area contributed by atoms with Crippen LogP contribution in [0.25, 0.3) is 17.3 Å². The average molecular weight is 512 g/mol. The number of benzene rings is 3. The highest BCUT2D eigenvalue weighted by atomic mass is 32.1. The van der Waals surface area contributed by atoms with Crippen molar-refractivity contribution in [3.8, 4) is 23.3 Å². The molecule has 0 aliphatic rings. The number of carbonyl (C=O) groups is 1. The van der Waals surface area contributed by atoms with Crippen molar-refractivity contribution in [1.82, 2.24) is 4.57 Å². The van der Waals surface area contributed by atoms with Crippen LogP contribution >= 0.6 is 11.3 Å². The third-order valence-electron chi connectivity index (χ3n) is 5.76. The number of nitrogens with zero attached hydrogens (tertiary/aromatic N) is 2. The summed E-state index contributed by atoms with van der Waals surface area (Å²) >= 11 is 1.07.